The molecule has 0 saturated carbocycles. The minimum Gasteiger partial charge on any atom is -0.422 e. The van der Waals surface area contributed by atoms with E-state index in [0.29, 0.717) is 23.7 Å². The fourth-order valence-corrected chi connectivity index (χ4v) is 1.74. The largest absolute Gasteiger partial charge is 0.422 e. The number of epoxide rings is 1. The van der Waals surface area contributed by atoms with Crippen LogP contribution >= 0.6 is 0 Å². The van der Waals surface area contributed by atoms with E-state index < -0.39 is 5.79 Å². The van der Waals surface area contributed by atoms with Crippen LogP contribution in [0.3, 0.4) is 0 Å². The molecule has 0 aliphatic carbocycles. The Labute approximate surface area is 93.5 Å². The maximum atomic E-state index is 5.72. The first kappa shape index (κ1) is 13.1. The lowest BCUT2D eigenvalue weighted by Gasteiger charge is -2.36. The van der Waals surface area contributed by atoms with Gasteiger partial charge in [0.05, 0.1) is 19.8 Å². The summed E-state index contributed by atoms with van der Waals surface area (Å²) >= 11 is 0. The molecule has 1 saturated heterocycles. The van der Waals surface area contributed by atoms with Gasteiger partial charge in [-0.2, -0.15) is 0 Å². The minimum atomic E-state index is -0.817. The standard InChI is InChI=1S/C9H20O5Si/c1-7(10-2)9(11-3,6-14-15)13-5-8-4-12-8/h7-8H,4-6H2,1-3,15H3. The van der Waals surface area contributed by atoms with E-state index in [9.17, 15) is 0 Å². The second-order valence-corrected chi connectivity index (χ2v) is 4.17. The molecule has 0 bridgehead atoms. The summed E-state index contributed by atoms with van der Waals surface area (Å²) in [5.41, 5.74) is 0. The Hall–Kier alpha value is 0.0169. The van der Waals surface area contributed by atoms with Gasteiger partial charge < -0.3 is 23.4 Å². The average molecular weight is 236 g/mol. The molecule has 0 N–H and O–H groups in total. The van der Waals surface area contributed by atoms with Gasteiger partial charge in [-0.3, -0.25) is 0 Å². The molecule has 1 aliphatic rings. The first-order valence-electron chi connectivity index (χ1n) is 5.01. The quantitative estimate of drug-likeness (QED) is 0.310. The molecule has 1 aliphatic heterocycles. The van der Waals surface area contributed by atoms with Gasteiger partial charge in [-0.25, -0.2) is 0 Å². The predicted octanol–water partition coefficient (Wildman–Crippen LogP) is -0.924. The number of ether oxygens (including phenoxy) is 4. The normalized spacial score (nSPS) is 26.2. The first-order chi connectivity index (χ1) is 7.18. The summed E-state index contributed by atoms with van der Waals surface area (Å²) in [7, 11) is 3.87. The van der Waals surface area contributed by atoms with Crippen LogP contribution in [0.4, 0.5) is 0 Å². The van der Waals surface area contributed by atoms with E-state index in [-0.39, 0.29) is 12.2 Å². The molecule has 0 aromatic heterocycles. The van der Waals surface area contributed by atoms with Crippen molar-refractivity contribution in [2.24, 2.45) is 0 Å². The van der Waals surface area contributed by atoms with Crippen LogP contribution in [0, 0.1) is 0 Å². The molecule has 0 aromatic rings. The molecule has 0 aromatic carbocycles. The molecular formula is C9H20O5Si. The van der Waals surface area contributed by atoms with E-state index in [0.717, 1.165) is 6.61 Å². The monoisotopic (exact) mass is 236 g/mol. The van der Waals surface area contributed by atoms with Crippen LogP contribution in [0.15, 0.2) is 0 Å². The van der Waals surface area contributed by atoms with Crippen LogP contribution in [0.5, 0.6) is 0 Å². The second kappa shape index (κ2) is 5.93. The second-order valence-electron chi connectivity index (χ2n) is 3.59. The number of hydrogen-bond donors (Lipinski definition) is 0. The SMILES string of the molecule is COC(C)C(CO[SiH3])(OC)OCC1CO1. The van der Waals surface area contributed by atoms with E-state index in [1.165, 1.54) is 0 Å². The smallest absolute Gasteiger partial charge is 0.217 e. The molecule has 6 heteroatoms. The van der Waals surface area contributed by atoms with Crippen molar-refractivity contribution in [1.82, 2.24) is 0 Å². The van der Waals surface area contributed by atoms with Crippen molar-refractivity contribution >= 4 is 10.5 Å². The summed E-state index contributed by atoms with van der Waals surface area (Å²) in [5, 5.41) is 0. The van der Waals surface area contributed by atoms with Crippen LogP contribution in [0.1, 0.15) is 6.92 Å². The summed E-state index contributed by atoms with van der Waals surface area (Å²) in [5.74, 6) is -0.817. The van der Waals surface area contributed by atoms with Crippen molar-refractivity contribution in [1.29, 1.82) is 0 Å². The molecule has 1 rings (SSSR count). The fourth-order valence-electron chi connectivity index (χ4n) is 1.34. The maximum absolute atomic E-state index is 5.72. The van der Waals surface area contributed by atoms with Crippen LogP contribution in [0.25, 0.3) is 0 Å². The number of hydrogen-bond acceptors (Lipinski definition) is 5. The lowest BCUT2D eigenvalue weighted by molar-refractivity contribution is -0.285. The van der Waals surface area contributed by atoms with Crippen molar-refractivity contribution in [3.8, 4) is 0 Å². The Bertz CT molecular complexity index is 187. The van der Waals surface area contributed by atoms with Gasteiger partial charge in [-0.15, -0.1) is 0 Å². The van der Waals surface area contributed by atoms with Gasteiger partial charge in [-0.05, 0) is 6.92 Å². The topological polar surface area (TPSA) is 49.5 Å². The highest BCUT2D eigenvalue weighted by Crippen LogP contribution is 2.22. The highest BCUT2D eigenvalue weighted by Gasteiger charge is 2.40. The number of rotatable bonds is 8. The number of methoxy groups -OCH3 is 2. The molecule has 5 nitrogen and oxygen atoms in total. The molecule has 3 atom stereocenters. The van der Waals surface area contributed by atoms with Gasteiger partial charge in [-0.1, -0.05) is 0 Å². The fraction of sp³-hybridized carbons (Fsp3) is 1.00. The van der Waals surface area contributed by atoms with Crippen molar-refractivity contribution < 1.29 is 23.4 Å². The van der Waals surface area contributed by atoms with E-state index in [4.69, 9.17) is 23.4 Å². The van der Waals surface area contributed by atoms with Crippen LogP contribution < -0.4 is 0 Å². The highest BCUT2D eigenvalue weighted by molar-refractivity contribution is 5.97. The van der Waals surface area contributed by atoms with Crippen molar-refractivity contribution in [2.75, 3.05) is 34.0 Å². The molecule has 90 valence electrons. The molecule has 1 fully saturated rings. The summed E-state index contributed by atoms with van der Waals surface area (Å²) < 4.78 is 26.7. The predicted molar refractivity (Wildman–Crippen MR) is 57.8 cm³/mol. The molecule has 0 radical (unpaired) electrons. The lowest BCUT2D eigenvalue weighted by atomic mass is 10.1. The molecule has 0 amide bonds. The zero-order valence-corrected chi connectivity index (χ0v) is 11.8. The first-order valence-corrected chi connectivity index (χ1v) is 5.82. The maximum Gasteiger partial charge on any atom is 0.217 e. The summed E-state index contributed by atoms with van der Waals surface area (Å²) in [6.07, 6.45) is 0.0212. The van der Waals surface area contributed by atoms with E-state index in [2.05, 4.69) is 0 Å². The average Bonchev–Trinajstić information content (AvgIpc) is 3.07. The molecule has 15 heavy (non-hydrogen) atoms. The van der Waals surface area contributed by atoms with E-state index in [1.54, 1.807) is 14.2 Å². The van der Waals surface area contributed by atoms with Crippen LogP contribution in [0.2, 0.25) is 0 Å². The van der Waals surface area contributed by atoms with E-state index in [1.807, 2.05) is 6.92 Å². The Morgan fingerprint density at radius 2 is 2.20 bits per heavy atom. The highest BCUT2D eigenvalue weighted by atomic mass is 28.2. The van der Waals surface area contributed by atoms with Crippen molar-refractivity contribution in [2.45, 2.75) is 24.9 Å². The Balaban J connectivity index is 2.52. The Kier molecular flexibility index (Phi) is 5.17. The zero-order valence-electron chi connectivity index (χ0n) is 9.82. The van der Waals surface area contributed by atoms with Gasteiger partial charge in [0.1, 0.15) is 22.7 Å². The van der Waals surface area contributed by atoms with Crippen LogP contribution in [-0.2, 0) is 23.4 Å². The van der Waals surface area contributed by atoms with Gasteiger partial charge in [0.25, 0.3) is 0 Å². The van der Waals surface area contributed by atoms with Crippen molar-refractivity contribution in [3.05, 3.63) is 0 Å². The van der Waals surface area contributed by atoms with Crippen molar-refractivity contribution in [3.63, 3.8) is 0 Å². The van der Waals surface area contributed by atoms with Crippen LogP contribution in [-0.4, -0.2) is 62.5 Å². The Morgan fingerprint density at radius 1 is 1.53 bits per heavy atom. The van der Waals surface area contributed by atoms with Gasteiger partial charge in [0.2, 0.25) is 5.79 Å². The Morgan fingerprint density at radius 3 is 2.60 bits per heavy atom. The van der Waals surface area contributed by atoms with Gasteiger partial charge in [0, 0.05) is 14.2 Å². The molecular weight excluding hydrogens is 216 g/mol. The summed E-state index contributed by atoms with van der Waals surface area (Å²) in [6, 6.07) is 0. The molecule has 1 heterocycles. The minimum absolute atomic E-state index is 0.185. The van der Waals surface area contributed by atoms with Gasteiger partial charge in [0.15, 0.2) is 0 Å². The van der Waals surface area contributed by atoms with E-state index >= 15 is 0 Å². The third kappa shape index (κ3) is 3.51. The third-order valence-corrected chi connectivity index (χ3v) is 2.87. The van der Waals surface area contributed by atoms with Gasteiger partial charge >= 0.3 is 0 Å². The molecule has 3 unspecified atom stereocenters. The summed E-state index contributed by atoms with van der Waals surface area (Å²) in [4.78, 5) is 0. The zero-order chi connectivity index (χ0) is 11.3. The third-order valence-electron chi connectivity index (χ3n) is 2.58. The molecule has 0 spiro atoms. The summed E-state index contributed by atoms with van der Waals surface area (Å²) in [6.45, 7) is 3.57. The lowest BCUT2D eigenvalue weighted by Crippen LogP contribution is -2.50.